The van der Waals surface area contributed by atoms with Gasteiger partial charge in [-0.15, -0.1) is 0 Å². The van der Waals surface area contributed by atoms with Crippen molar-refractivity contribution in [2.45, 2.75) is 6.92 Å². The molecule has 0 unspecified atom stereocenters. The third-order valence-corrected chi connectivity index (χ3v) is 3.77. The van der Waals surface area contributed by atoms with Gasteiger partial charge >= 0.3 is 0 Å². The van der Waals surface area contributed by atoms with E-state index < -0.39 is 0 Å². The molecule has 3 aromatic carbocycles. The summed E-state index contributed by atoms with van der Waals surface area (Å²) in [5.41, 5.74) is 2.06. The number of phenolic OH excluding ortho intramolecular Hbond substituents is 1. The topological polar surface area (TPSA) is 58.6 Å². The van der Waals surface area contributed by atoms with E-state index >= 15 is 0 Å². The van der Waals surface area contributed by atoms with Gasteiger partial charge in [-0.3, -0.25) is 4.79 Å². The maximum atomic E-state index is 12.6. The van der Waals surface area contributed by atoms with Crippen LogP contribution in [0.1, 0.15) is 15.9 Å². The van der Waals surface area contributed by atoms with Crippen molar-refractivity contribution in [1.82, 2.24) is 0 Å². The fourth-order valence-corrected chi connectivity index (χ4v) is 2.58. The number of anilines is 1. The average molecular weight is 307 g/mol. The van der Waals surface area contributed by atoms with Crippen LogP contribution in [0.3, 0.4) is 0 Å². The lowest BCUT2D eigenvalue weighted by Gasteiger charge is -2.12. The first kappa shape index (κ1) is 14.9. The lowest BCUT2D eigenvalue weighted by molar-refractivity contribution is 0.102. The van der Waals surface area contributed by atoms with Gasteiger partial charge in [0.15, 0.2) is 0 Å². The minimum absolute atomic E-state index is 0.0697. The first-order chi connectivity index (χ1) is 11.1. The molecular weight excluding hydrogens is 290 g/mol. The number of hydrogen-bond donors (Lipinski definition) is 2. The van der Waals surface area contributed by atoms with E-state index in [0.29, 0.717) is 11.3 Å². The van der Waals surface area contributed by atoms with Crippen LogP contribution in [0.2, 0.25) is 0 Å². The highest BCUT2D eigenvalue weighted by Gasteiger charge is 2.13. The van der Waals surface area contributed by atoms with Gasteiger partial charge in [0.2, 0.25) is 0 Å². The van der Waals surface area contributed by atoms with Crippen LogP contribution in [0.25, 0.3) is 10.8 Å². The van der Waals surface area contributed by atoms with Crippen molar-refractivity contribution >= 4 is 22.4 Å². The molecule has 1 amide bonds. The Hall–Kier alpha value is -3.01. The van der Waals surface area contributed by atoms with Crippen LogP contribution in [-0.4, -0.2) is 18.1 Å². The Kier molecular flexibility index (Phi) is 3.89. The second-order valence-electron chi connectivity index (χ2n) is 5.35. The van der Waals surface area contributed by atoms with Crippen molar-refractivity contribution in [3.8, 4) is 11.5 Å². The van der Waals surface area contributed by atoms with Crippen LogP contribution in [0.4, 0.5) is 5.69 Å². The molecule has 0 spiro atoms. The summed E-state index contributed by atoms with van der Waals surface area (Å²) in [7, 11) is 1.60. The number of benzene rings is 3. The predicted octanol–water partition coefficient (Wildman–Crippen LogP) is 4.11. The lowest BCUT2D eigenvalue weighted by atomic mass is 10.0. The molecule has 0 saturated heterocycles. The van der Waals surface area contributed by atoms with Crippen LogP contribution >= 0.6 is 0 Å². The molecule has 3 rings (SSSR count). The number of aromatic hydroxyl groups is 1. The molecule has 2 N–H and O–H groups in total. The van der Waals surface area contributed by atoms with E-state index in [1.54, 1.807) is 25.3 Å². The average Bonchev–Trinajstić information content (AvgIpc) is 2.55. The fourth-order valence-electron chi connectivity index (χ4n) is 2.58. The highest BCUT2D eigenvalue weighted by molar-refractivity contribution is 6.13. The molecule has 23 heavy (non-hydrogen) atoms. The quantitative estimate of drug-likeness (QED) is 0.765. The summed E-state index contributed by atoms with van der Waals surface area (Å²) in [6, 6.07) is 16.1. The van der Waals surface area contributed by atoms with Crippen molar-refractivity contribution < 1.29 is 14.6 Å². The number of amides is 1. The van der Waals surface area contributed by atoms with Crippen molar-refractivity contribution in [1.29, 1.82) is 0 Å². The van der Waals surface area contributed by atoms with Crippen molar-refractivity contribution in [3.05, 3.63) is 65.7 Å². The molecule has 0 aliphatic carbocycles. The summed E-state index contributed by atoms with van der Waals surface area (Å²) in [5.74, 6) is 0.550. The number of rotatable bonds is 3. The number of nitrogens with one attached hydrogen (secondary N) is 1. The van der Waals surface area contributed by atoms with Crippen LogP contribution in [0, 0.1) is 6.92 Å². The number of hydrogen-bond acceptors (Lipinski definition) is 3. The van der Waals surface area contributed by atoms with Gasteiger partial charge in [0, 0.05) is 5.69 Å². The smallest absolute Gasteiger partial charge is 0.256 e. The van der Waals surface area contributed by atoms with Crippen LogP contribution in [-0.2, 0) is 0 Å². The molecule has 3 aromatic rings. The van der Waals surface area contributed by atoms with Crippen molar-refractivity contribution in [2.24, 2.45) is 0 Å². The summed E-state index contributed by atoms with van der Waals surface area (Å²) in [6.45, 7) is 1.90. The first-order valence-corrected chi connectivity index (χ1v) is 7.26. The molecule has 0 radical (unpaired) electrons. The molecule has 4 heteroatoms. The van der Waals surface area contributed by atoms with Gasteiger partial charge in [0.05, 0.1) is 12.7 Å². The summed E-state index contributed by atoms with van der Waals surface area (Å²) in [6.07, 6.45) is 0. The van der Waals surface area contributed by atoms with Gasteiger partial charge in [-0.1, -0.05) is 24.3 Å². The molecule has 116 valence electrons. The van der Waals surface area contributed by atoms with Gasteiger partial charge in [-0.25, -0.2) is 0 Å². The maximum Gasteiger partial charge on any atom is 0.256 e. The molecular formula is C19H17NO3. The summed E-state index contributed by atoms with van der Waals surface area (Å²) in [4.78, 5) is 12.6. The second-order valence-corrected chi connectivity index (χ2v) is 5.35. The number of fused-ring (bicyclic) bond motifs is 1. The number of carbonyl (C=O) groups is 1. The SMILES string of the molecule is COc1ccc(NC(=O)c2cc(O)cc3ccccc23)c(C)c1. The molecule has 0 atom stereocenters. The van der Waals surface area contributed by atoms with Crippen molar-refractivity contribution in [3.63, 3.8) is 0 Å². The number of aryl methyl sites for hydroxylation is 1. The third-order valence-electron chi connectivity index (χ3n) is 3.77. The van der Waals surface area contributed by atoms with E-state index in [2.05, 4.69) is 5.32 Å². The summed E-state index contributed by atoms with van der Waals surface area (Å²) in [5, 5.41) is 14.4. The van der Waals surface area contributed by atoms with Gasteiger partial charge in [-0.05, 0) is 53.6 Å². The van der Waals surface area contributed by atoms with E-state index in [1.165, 1.54) is 6.07 Å². The standard InChI is InChI=1S/C19H17NO3/c1-12-9-15(23-2)7-8-18(12)20-19(22)17-11-14(21)10-13-5-3-4-6-16(13)17/h3-11,21H,1-2H3,(H,20,22). The Bertz CT molecular complexity index is 887. The minimum Gasteiger partial charge on any atom is -0.508 e. The van der Waals surface area contributed by atoms with E-state index in [4.69, 9.17) is 4.74 Å². The molecule has 0 aliphatic heterocycles. The minimum atomic E-state index is -0.259. The predicted molar refractivity (Wildman–Crippen MR) is 91.3 cm³/mol. The Morgan fingerprint density at radius 2 is 1.87 bits per heavy atom. The van der Waals surface area contributed by atoms with Crippen LogP contribution < -0.4 is 10.1 Å². The maximum absolute atomic E-state index is 12.6. The van der Waals surface area contributed by atoms with Crippen molar-refractivity contribution in [2.75, 3.05) is 12.4 Å². The number of methoxy groups -OCH3 is 1. The molecule has 0 aliphatic rings. The van der Waals surface area contributed by atoms with E-state index in [0.717, 1.165) is 22.1 Å². The molecule has 4 nitrogen and oxygen atoms in total. The summed E-state index contributed by atoms with van der Waals surface area (Å²) < 4.78 is 5.17. The Morgan fingerprint density at radius 3 is 2.61 bits per heavy atom. The zero-order valence-corrected chi connectivity index (χ0v) is 13.0. The monoisotopic (exact) mass is 307 g/mol. The number of ether oxygens (including phenoxy) is 1. The molecule has 0 heterocycles. The Labute approximate surface area is 134 Å². The molecule has 0 aromatic heterocycles. The first-order valence-electron chi connectivity index (χ1n) is 7.26. The number of phenols is 1. The van der Waals surface area contributed by atoms with E-state index in [9.17, 15) is 9.90 Å². The van der Waals surface area contributed by atoms with Gasteiger partial charge in [0.25, 0.3) is 5.91 Å². The zero-order chi connectivity index (χ0) is 16.4. The second kappa shape index (κ2) is 6.01. The van der Waals surface area contributed by atoms with Crippen LogP contribution in [0.5, 0.6) is 11.5 Å². The normalized spacial score (nSPS) is 10.5. The molecule has 0 fully saturated rings. The highest BCUT2D eigenvalue weighted by Crippen LogP contribution is 2.27. The van der Waals surface area contributed by atoms with E-state index in [-0.39, 0.29) is 11.7 Å². The highest BCUT2D eigenvalue weighted by atomic mass is 16.5. The fraction of sp³-hybridized carbons (Fsp3) is 0.105. The van der Waals surface area contributed by atoms with E-state index in [1.807, 2.05) is 37.3 Å². The third kappa shape index (κ3) is 2.97. The number of carbonyl (C=O) groups excluding carboxylic acids is 1. The molecule has 0 bridgehead atoms. The Morgan fingerprint density at radius 1 is 1.09 bits per heavy atom. The molecule has 0 saturated carbocycles. The van der Waals surface area contributed by atoms with Gasteiger partial charge in [-0.2, -0.15) is 0 Å². The van der Waals surface area contributed by atoms with Gasteiger partial charge in [0.1, 0.15) is 11.5 Å². The Balaban J connectivity index is 1.98. The van der Waals surface area contributed by atoms with Crippen LogP contribution in [0.15, 0.2) is 54.6 Å². The summed E-state index contributed by atoms with van der Waals surface area (Å²) >= 11 is 0. The zero-order valence-electron chi connectivity index (χ0n) is 13.0. The largest absolute Gasteiger partial charge is 0.508 e. The lowest BCUT2D eigenvalue weighted by Crippen LogP contribution is -2.13. The van der Waals surface area contributed by atoms with Gasteiger partial charge < -0.3 is 15.2 Å².